The molecule has 0 spiro atoms. The monoisotopic (exact) mass is 333 g/mol. The van der Waals surface area contributed by atoms with Crippen LogP contribution in [0.5, 0.6) is 0 Å². The molecule has 0 bridgehead atoms. The van der Waals surface area contributed by atoms with Crippen LogP contribution >= 0.6 is 0 Å². The number of alkyl halides is 3. The Bertz CT molecular complexity index is 483. The van der Waals surface area contributed by atoms with Crippen molar-refractivity contribution >= 4 is 5.96 Å². The molecule has 23 heavy (non-hydrogen) atoms. The number of rotatable bonds is 7. The van der Waals surface area contributed by atoms with Gasteiger partial charge in [0.15, 0.2) is 5.96 Å². The zero-order valence-electron chi connectivity index (χ0n) is 13.5. The third-order valence-corrected chi connectivity index (χ3v) is 3.16. The number of unbranched alkanes of at least 4 members (excludes halogenated alkanes) is 1. The third-order valence-electron chi connectivity index (χ3n) is 3.16. The number of benzene rings is 1. The fraction of sp³-hybridized carbons (Fsp3) is 0.562. The summed E-state index contributed by atoms with van der Waals surface area (Å²) in [6.45, 7) is 3.46. The van der Waals surface area contributed by atoms with Gasteiger partial charge < -0.3 is 10.2 Å². The first-order valence-electron chi connectivity index (χ1n) is 7.62. The van der Waals surface area contributed by atoms with Gasteiger partial charge in [0, 0.05) is 33.1 Å². The predicted octanol–water partition coefficient (Wildman–Crippen LogP) is 3.96. The summed E-state index contributed by atoms with van der Waals surface area (Å²) >= 11 is 0. The van der Waals surface area contributed by atoms with E-state index in [0.29, 0.717) is 32.0 Å². The lowest BCUT2D eigenvalue weighted by Gasteiger charge is -2.22. The average Bonchev–Trinajstić information content (AvgIpc) is 2.47. The molecule has 0 heterocycles. The van der Waals surface area contributed by atoms with E-state index in [1.807, 2.05) is 18.9 Å². The van der Waals surface area contributed by atoms with Gasteiger partial charge in [0.2, 0.25) is 0 Å². The molecule has 3 nitrogen and oxygen atoms in total. The second-order valence-corrected chi connectivity index (χ2v) is 5.29. The lowest BCUT2D eigenvalue weighted by molar-refractivity contribution is -0.135. The maximum absolute atomic E-state index is 12.9. The summed E-state index contributed by atoms with van der Waals surface area (Å²) in [5.74, 6) is 0.338. The minimum atomic E-state index is -4.10. The van der Waals surface area contributed by atoms with Crippen LogP contribution in [-0.4, -0.2) is 37.2 Å². The number of hydrogen-bond acceptors (Lipinski definition) is 1. The highest BCUT2D eigenvalue weighted by Crippen LogP contribution is 2.22. The SMILES string of the molecule is CCNC(=NCCCCC(F)(F)F)N(C)Cc1ccc(F)cc1. The van der Waals surface area contributed by atoms with Crippen molar-refractivity contribution in [2.24, 2.45) is 4.99 Å². The van der Waals surface area contributed by atoms with Crippen LogP contribution < -0.4 is 5.32 Å². The van der Waals surface area contributed by atoms with Gasteiger partial charge in [-0.25, -0.2) is 4.39 Å². The van der Waals surface area contributed by atoms with Gasteiger partial charge in [0.25, 0.3) is 0 Å². The van der Waals surface area contributed by atoms with Gasteiger partial charge in [-0.3, -0.25) is 4.99 Å². The second kappa shape index (κ2) is 9.37. The van der Waals surface area contributed by atoms with Crippen molar-refractivity contribution in [1.29, 1.82) is 0 Å². The van der Waals surface area contributed by atoms with Gasteiger partial charge in [-0.2, -0.15) is 13.2 Å². The first-order valence-corrected chi connectivity index (χ1v) is 7.62. The maximum atomic E-state index is 12.9. The molecule has 0 amide bonds. The number of nitrogens with one attached hydrogen (secondary N) is 1. The molecule has 0 radical (unpaired) electrons. The second-order valence-electron chi connectivity index (χ2n) is 5.29. The van der Waals surface area contributed by atoms with Gasteiger partial charge in [-0.1, -0.05) is 12.1 Å². The minimum Gasteiger partial charge on any atom is -0.357 e. The largest absolute Gasteiger partial charge is 0.389 e. The summed E-state index contributed by atoms with van der Waals surface area (Å²) in [4.78, 5) is 6.20. The molecular formula is C16H23F4N3. The topological polar surface area (TPSA) is 27.6 Å². The lowest BCUT2D eigenvalue weighted by atomic mass is 10.2. The highest BCUT2D eigenvalue weighted by molar-refractivity contribution is 5.79. The van der Waals surface area contributed by atoms with E-state index in [1.54, 1.807) is 12.1 Å². The zero-order valence-corrected chi connectivity index (χ0v) is 13.5. The molecule has 0 unspecified atom stereocenters. The van der Waals surface area contributed by atoms with Crippen molar-refractivity contribution in [3.63, 3.8) is 0 Å². The highest BCUT2D eigenvalue weighted by atomic mass is 19.4. The summed E-state index contributed by atoms with van der Waals surface area (Å²) < 4.78 is 49.1. The Hall–Kier alpha value is -1.79. The predicted molar refractivity (Wildman–Crippen MR) is 83.8 cm³/mol. The fourth-order valence-electron chi connectivity index (χ4n) is 2.03. The van der Waals surface area contributed by atoms with Crippen molar-refractivity contribution in [2.45, 2.75) is 38.9 Å². The van der Waals surface area contributed by atoms with E-state index in [1.165, 1.54) is 12.1 Å². The number of nitrogens with zero attached hydrogens (tertiary/aromatic N) is 2. The van der Waals surface area contributed by atoms with Crippen LogP contribution in [-0.2, 0) is 6.54 Å². The average molecular weight is 333 g/mol. The highest BCUT2D eigenvalue weighted by Gasteiger charge is 2.25. The van der Waals surface area contributed by atoms with Crippen LogP contribution in [0, 0.1) is 5.82 Å². The summed E-state index contributed by atoms with van der Waals surface area (Å²) in [5, 5.41) is 3.10. The molecule has 1 N–H and O–H groups in total. The number of halogens is 4. The van der Waals surface area contributed by atoms with Crippen LogP contribution in [0.15, 0.2) is 29.3 Å². The van der Waals surface area contributed by atoms with Crippen LogP contribution in [0.25, 0.3) is 0 Å². The molecule has 0 saturated carbocycles. The molecule has 1 rings (SSSR count). The molecule has 0 aliphatic carbocycles. The summed E-state index contributed by atoms with van der Waals surface area (Å²) in [5.41, 5.74) is 0.927. The van der Waals surface area contributed by atoms with Gasteiger partial charge in [0.05, 0.1) is 0 Å². The molecular weight excluding hydrogens is 310 g/mol. The fourth-order valence-corrected chi connectivity index (χ4v) is 2.03. The summed E-state index contributed by atoms with van der Waals surface area (Å²) in [6.07, 6.45) is -4.41. The Balaban J connectivity index is 2.51. The molecule has 0 aromatic heterocycles. The van der Waals surface area contributed by atoms with Crippen LogP contribution in [0.3, 0.4) is 0 Å². The van der Waals surface area contributed by atoms with E-state index < -0.39 is 12.6 Å². The Kier molecular flexibility index (Phi) is 7.85. The third kappa shape index (κ3) is 8.42. The molecule has 1 aromatic rings. The smallest absolute Gasteiger partial charge is 0.357 e. The summed E-state index contributed by atoms with van der Waals surface area (Å²) in [6, 6.07) is 6.17. The maximum Gasteiger partial charge on any atom is 0.389 e. The van der Waals surface area contributed by atoms with E-state index in [0.717, 1.165) is 5.56 Å². The van der Waals surface area contributed by atoms with Crippen LogP contribution in [0.4, 0.5) is 17.6 Å². The van der Waals surface area contributed by atoms with E-state index in [9.17, 15) is 17.6 Å². The number of guanidine groups is 1. The van der Waals surface area contributed by atoms with Gasteiger partial charge in [-0.15, -0.1) is 0 Å². The van der Waals surface area contributed by atoms with Crippen molar-refractivity contribution in [1.82, 2.24) is 10.2 Å². The van der Waals surface area contributed by atoms with Crippen LogP contribution in [0.2, 0.25) is 0 Å². The normalized spacial score (nSPS) is 12.3. The van der Waals surface area contributed by atoms with Gasteiger partial charge in [0.1, 0.15) is 5.82 Å². The first kappa shape index (κ1) is 19.3. The van der Waals surface area contributed by atoms with E-state index >= 15 is 0 Å². The lowest BCUT2D eigenvalue weighted by Crippen LogP contribution is -2.38. The number of hydrogen-bond donors (Lipinski definition) is 1. The quantitative estimate of drug-likeness (QED) is 0.354. The molecule has 0 aliphatic rings. The van der Waals surface area contributed by atoms with Gasteiger partial charge in [-0.05, 0) is 37.5 Å². The van der Waals surface area contributed by atoms with Crippen molar-refractivity contribution in [2.75, 3.05) is 20.1 Å². The molecule has 1 aromatic carbocycles. The Morgan fingerprint density at radius 3 is 2.39 bits per heavy atom. The molecule has 0 saturated heterocycles. The Labute approximate surface area is 134 Å². The Morgan fingerprint density at radius 2 is 1.83 bits per heavy atom. The zero-order chi connectivity index (χ0) is 17.3. The van der Waals surface area contributed by atoms with E-state index in [2.05, 4.69) is 10.3 Å². The van der Waals surface area contributed by atoms with Crippen molar-refractivity contribution in [3.05, 3.63) is 35.6 Å². The van der Waals surface area contributed by atoms with Crippen LogP contribution in [0.1, 0.15) is 31.7 Å². The minimum absolute atomic E-state index is 0.0775. The Morgan fingerprint density at radius 1 is 1.17 bits per heavy atom. The van der Waals surface area contributed by atoms with E-state index in [-0.39, 0.29) is 12.2 Å². The first-order chi connectivity index (χ1) is 10.8. The molecule has 130 valence electrons. The van der Waals surface area contributed by atoms with Crippen molar-refractivity contribution < 1.29 is 17.6 Å². The summed E-state index contributed by atoms with van der Waals surface area (Å²) in [7, 11) is 1.83. The standard InChI is InChI=1S/C16H23F4N3/c1-3-21-15(22-11-5-4-10-16(18,19)20)23(2)12-13-6-8-14(17)9-7-13/h6-9H,3-5,10-12H2,1-2H3,(H,21,22). The molecule has 7 heteroatoms. The van der Waals surface area contributed by atoms with E-state index in [4.69, 9.17) is 0 Å². The number of aliphatic imine (C=N–C) groups is 1. The molecule has 0 atom stereocenters. The molecule has 0 aliphatic heterocycles. The van der Waals surface area contributed by atoms with Crippen molar-refractivity contribution in [3.8, 4) is 0 Å². The van der Waals surface area contributed by atoms with Gasteiger partial charge >= 0.3 is 6.18 Å². The molecule has 0 fully saturated rings.